The molecule has 1 nitrogen and oxygen atoms in total. The van der Waals surface area contributed by atoms with Crippen LogP contribution in [0, 0.1) is 11.2 Å². The molecule has 0 heterocycles. The molecule has 16 heavy (non-hydrogen) atoms. The van der Waals surface area contributed by atoms with Gasteiger partial charge in [0.05, 0.1) is 6.10 Å². The smallest absolute Gasteiger partial charge is 0.130 e. The van der Waals surface area contributed by atoms with Crippen LogP contribution in [0.5, 0.6) is 0 Å². The van der Waals surface area contributed by atoms with Crippen LogP contribution in [0.2, 0.25) is 5.02 Å². The molecule has 0 amide bonds. The Hall–Kier alpha value is -0.600. The Morgan fingerprint density at radius 1 is 1.38 bits per heavy atom. The van der Waals surface area contributed by atoms with Gasteiger partial charge in [0.2, 0.25) is 0 Å². The molecule has 0 saturated carbocycles. The molecule has 1 unspecified atom stereocenters. The van der Waals surface area contributed by atoms with Crippen molar-refractivity contribution in [1.29, 1.82) is 0 Å². The molecule has 0 aliphatic heterocycles. The minimum Gasteiger partial charge on any atom is -0.388 e. The predicted molar refractivity (Wildman–Crippen MR) is 65.1 cm³/mol. The zero-order chi connectivity index (χ0) is 12.3. The summed E-state index contributed by atoms with van der Waals surface area (Å²) in [6.45, 7) is 6.29. The highest BCUT2D eigenvalue weighted by atomic mass is 35.5. The largest absolute Gasteiger partial charge is 0.388 e. The summed E-state index contributed by atoms with van der Waals surface area (Å²) >= 11 is 5.65. The number of aliphatic hydroxyl groups excluding tert-OH is 1. The van der Waals surface area contributed by atoms with Gasteiger partial charge in [-0.25, -0.2) is 4.39 Å². The van der Waals surface area contributed by atoms with E-state index in [2.05, 4.69) is 20.8 Å². The van der Waals surface area contributed by atoms with Gasteiger partial charge in [-0.05, 0) is 30.4 Å². The standard InChI is InChI=1S/C13H18ClFO/c1-13(2,3)7-6-12(16)10-5-4-9(14)8-11(10)15/h4-5,8,12,16H,6-7H2,1-3H3. The summed E-state index contributed by atoms with van der Waals surface area (Å²) in [5.41, 5.74) is 0.470. The van der Waals surface area contributed by atoms with Crippen LogP contribution in [0.25, 0.3) is 0 Å². The second kappa shape index (κ2) is 5.15. The van der Waals surface area contributed by atoms with Gasteiger partial charge in [-0.2, -0.15) is 0 Å². The highest BCUT2D eigenvalue weighted by Gasteiger charge is 2.17. The Balaban J connectivity index is 2.70. The fraction of sp³-hybridized carbons (Fsp3) is 0.538. The van der Waals surface area contributed by atoms with Crippen LogP contribution < -0.4 is 0 Å². The topological polar surface area (TPSA) is 20.2 Å². The molecule has 0 aliphatic carbocycles. The molecular formula is C13H18ClFO. The molecule has 0 spiro atoms. The lowest BCUT2D eigenvalue weighted by Gasteiger charge is -2.20. The van der Waals surface area contributed by atoms with Crippen molar-refractivity contribution in [3.8, 4) is 0 Å². The molecule has 1 atom stereocenters. The maximum absolute atomic E-state index is 13.5. The van der Waals surface area contributed by atoms with Crippen molar-refractivity contribution < 1.29 is 9.50 Å². The first-order valence-corrected chi connectivity index (χ1v) is 5.80. The van der Waals surface area contributed by atoms with E-state index in [-0.39, 0.29) is 5.41 Å². The Morgan fingerprint density at radius 3 is 2.50 bits per heavy atom. The van der Waals surface area contributed by atoms with Gasteiger partial charge in [-0.1, -0.05) is 38.4 Å². The Kier molecular flexibility index (Phi) is 4.34. The van der Waals surface area contributed by atoms with Gasteiger partial charge in [-0.15, -0.1) is 0 Å². The zero-order valence-corrected chi connectivity index (χ0v) is 10.7. The molecule has 0 saturated heterocycles. The van der Waals surface area contributed by atoms with Gasteiger partial charge in [0.15, 0.2) is 0 Å². The fourth-order valence-corrected chi connectivity index (χ4v) is 1.66. The molecule has 0 aromatic heterocycles. The summed E-state index contributed by atoms with van der Waals surface area (Å²) in [4.78, 5) is 0. The summed E-state index contributed by atoms with van der Waals surface area (Å²) in [5.74, 6) is -0.436. The second-order valence-electron chi connectivity index (χ2n) is 5.28. The molecule has 3 heteroatoms. The molecule has 0 bridgehead atoms. The van der Waals surface area contributed by atoms with Gasteiger partial charge < -0.3 is 5.11 Å². The van der Waals surface area contributed by atoms with Crippen LogP contribution in [-0.4, -0.2) is 5.11 Å². The van der Waals surface area contributed by atoms with Gasteiger partial charge in [0.25, 0.3) is 0 Å². The summed E-state index contributed by atoms with van der Waals surface area (Å²) < 4.78 is 13.5. The lowest BCUT2D eigenvalue weighted by Crippen LogP contribution is -2.09. The molecular weight excluding hydrogens is 227 g/mol. The van der Waals surface area contributed by atoms with E-state index in [1.807, 2.05) is 0 Å². The van der Waals surface area contributed by atoms with E-state index in [0.717, 1.165) is 6.42 Å². The highest BCUT2D eigenvalue weighted by molar-refractivity contribution is 6.30. The van der Waals surface area contributed by atoms with E-state index in [0.29, 0.717) is 17.0 Å². The summed E-state index contributed by atoms with van der Waals surface area (Å²) in [6.07, 6.45) is 0.648. The van der Waals surface area contributed by atoms with Crippen LogP contribution in [0.1, 0.15) is 45.3 Å². The minimum absolute atomic E-state index is 0.143. The molecule has 90 valence electrons. The van der Waals surface area contributed by atoms with E-state index in [1.54, 1.807) is 12.1 Å². The van der Waals surface area contributed by atoms with Gasteiger partial charge >= 0.3 is 0 Å². The SMILES string of the molecule is CC(C)(C)CCC(O)c1ccc(Cl)cc1F. The molecule has 1 aromatic rings. The van der Waals surface area contributed by atoms with E-state index in [1.165, 1.54) is 6.07 Å². The quantitative estimate of drug-likeness (QED) is 0.839. The maximum Gasteiger partial charge on any atom is 0.130 e. The third-order valence-corrected chi connectivity index (χ3v) is 2.72. The van der Waals surface area contributed by atoms with Crippen molar-refractivity contribution in [3.63, 3.8) is 0 Å². The first kappa shape index (κ1) is 13.5. The lowest BCUT2D eigenvalue weighted by atomic mass is 9.88. The summed E-state index contributed by atoms with van der Waals surface area (Å²) in [7, 11) is 0. The van der Waals surface area contributed by atoms with Gasteiger partial charge in [0, 0.05) is 10.6 Å². The van der Waals surface area contributed by atoms with Crippen LogP contribution in [0.3, 0.4) is 0 Å². The number of hydrogen-bond donors (Lipinski definition) is 1. The number of rotatable bonds is 3. The van der Waals surface area contributed by atoms with Crippen LogP contribution in [0.15, 0.2) is 18.2 Å². The molecule has 1 N–H and O–H groups in total. The van der Waals surface area contributed by atoms with Crippen molar-refractivity contribution in [2.45, 2.75) is 39.7 Å². The number of aliphatic hydroxyl groups is 1. The van der Waals surface area contributed by atoms with Crippen molar-refractivity contribution in [3.05, 3.63) is 34.6 Å². The predicted octanol–water partition coefficient (Wildman–Crippen LogP) is 4.34. The summed E-state index contributed by atoms with van der Waals surface area (Å²) in [5, 5.41) is 10.2. The van der Waals surface area contributed by atoms with E-state index < -0.39 is 11.9 Å². The van der Waals surface area contributed by atoms with Crippen LogP contribution in [0.4, 0.5) is 4.39 Å². The normalized spacial score (nSPS) is 13.9. The molecule has 0 fully saturated rings. The van der Waals surface area contributed by atoms with E-state index in [9.17, 15) is 9.50 Å². The average Bonchev–Trinajstić information content (AvgIpc) is 2.13. The second-order valence-corrected chi connectivity index (χ2v) is 5.72. The highest BCUT2D eigenvalue weighted by Crippen LogP contribution is 2.29. The third kappa shape index (κ3) is 4.11. The average molecular weight is 245 g/mol. The van der Waals surface area contributed by atoms with Crippen molar-refractivity contribution in [1.82, 2.24) is 0 Å². The first-order chi connectivity index (χ1) is 7.29. The summed E-state index contributed by atoms with van der Waals surface area (Å²) in [6, 6.07) is 4.38. The number of hydrogen-bond acceptors (Lipinski definition) is 1. The van der Waals surface area contributed by atoms with E-state index in [4.69, 9.17) is 11.6 Å². The number of halogens is 2. The first-order valence-electron chi connectivity index (χ1n) is 5.42. The molecule has 1 aromatic carbocycles. The van der Waals surface area contributed by atoms with Crippen molar-refractivity contribution >= 4 is 11.6 Å². The van der Waals surface area contributed by atoms with Crippen LogP contribution >= 0.6 is 11.6 Å². The van der Waals surface area contributed by atoms with Crippen LogP contribution in [-0.2, 0) is 0 Å². The maximum atomic E-state index is 13.5. The van der Waals surface area contributed by atoms with Gasteiger partial charge in [0.1, 0.15) is 5.82 Å². The van der Waals surface area contributed by atoms with Crippen molar-refractivity contribution in [2.24, 2.45) is 5.41 Å². The minimum atomic E-state index is -0.753. The Bertz CT molecular complexity index is 357. The third-order valence-electron chi connectivity index (χ3n) is 2.49. The number of benzene rings is 1. The fourth-order valence-electron chi connectivity index (χ4n) is 1.50. The zero-order valence-electron chi connectivity index (χ0n) is 9.93. The van der Waals surface area contributed by atoms with Gasteiger partial charge in [-0.3, -0.25) is 0 Å². The monoisotopic (exact) mass is 244 g/mol. The molecule has 0 radical (unpaired) electrons. The van der Waals surface area contributed by atoms with E-state index >= 15 is 0 Å². The lowest BCUT2D eigenvalue weighted by molar-refractivity contribution is 0.143. The Labute approximate surface area is 101 Å². The van der Waals surface area contributed by atoms with Crippen molar-refractivity contribution in [2.75, 3.05) is 0 Å². The Morgan fingerprint density at radius 2 is 2.00 bits per heavy atom. The molecule has 1 rings (SSSR count). The molecule has 0 aliphatic rings.